The molecule has 10 heteroatoms. The lowest BCUT2D eigenvalue weighted by Gasteiger charge is -2.08. The van der Waals surface area contributed by atoms with Crippen LogP contribution in [0.25, 0.3) is 0 Å². The Morgan fingerprint density at radius 3 is 2.12 bits per heavy atom. The number of carbonyl (C=O) groups is 2. The Kier molecular flexibility index (Phi) is 6.24. The monoisotopic (exact) mass is 386 g/mol. The average molecular weight is 386 g/mol. The van der Waals surface area contributed by atoms with E-state index in [0.29, 0.717) is 10.6 Å². The molecule has 0 spiro atoms. The zero-order chi connectivity index (χ0) is 19.3. The summed E-state index contributed by atoms with van der Waals surface area (Å²) in [5.41, 5.74) is -0.437. The largest absolute Gasteiger partial charge is 0.549 e. The number of halogens is 3. The van der Waals surface area contributed by atoms with Crippen molar-refractivity contribution in [2.75, 3.05) is 11.9 Å². The molecule has 2 aromatic carbocycles. The lowest BCUT2D eigenvalue weighted by atomic mass is 10.1. The summed E-state index contributed by atoms with van der Waals surface area (Å²) < 4.78 is 49.6. The van der Waals surface area contributed by atoms with Crippen LogP contribution >= 0.6 is 0 Å². The Labute approximate surface area is 149 Å². The first-order chi connectivity index (χ1) is 12.2. The third-order valence-corrected chi connectivity index (χ3v) is 4.30. The van der Waals surface area contributed by atoms with Crippen molar-refractivity contribution in [3.8, 4) is 0 Å². The quantitative estimate of drug-likeness (QED) is 0.656. The highest BCUT2D eigenvalue weighted by Gasteiger charge is 2.30. The van der Waals surface area contributed by atoms with Crippen molar-refractivity contribution >= 4 is 28.9 Å². The molecule has 3 N–H and O–H groups in total. The number of hydrogen-bond donors (Lipinski definition) is 3. The zero-order valence-corrected chi connectivity index (χ0v) is 13.9. The number of hydrogen-bond acceptors (Lipinski definition) is 5. The van der Waals surface area contributed by atoms with Crippen LogP contribution in [0.2, 0.25) is 0 Å². The molecule has 0 radical (unpaired) electrons. The maximum atomic E-state index is 12.5. The second-order valence-corrected chi connectivity index (χ2v) is 6.36. The van der Waals surface area contributed by atoms with E-state index in [4.69, 9.17) is 0 Å². The predicted octanol–water partition coefficient (Wildman–Crippen LogP) is 1.66. The summed E-state index contributed by atoms with van der Waals surface area (Å²) in [4.78, 5) is 22.8. The van der Waals surface area contributed by atoms with Crippen LogP contribution in [0.1, 0.15) is 15.9 Å². The van der Waals surface area contributed by atoms with Gasteiger partial charge in [0.1, 0.15) is 0 Å². The van der Waals surface area contributed by atoms with E-state index in [1.807, 2.05) is 0 Å². The fraction of sp³-hybridized carbons (Fsp3) is 0.125. The van der Waals surface area contributed by atoms with E-state index in [1.54, 1.807) is 0 Å². The molecule has 0 aliphatic heterocycles. The molecule has 0 heterocycles. The number of aliphatic carboxylic acids is 1. The summed E-state index contributed by atoms with van der Waals surface area (Å²) in [6.07, 6.45) is -4.48. The number of amides is 1. The molecule has 0 aromatic heterocycles. The minimum atomic E-state index is -4.48. The third kappa shape index (κ3) is 5.48. The fourth-order valence-electron chi connectivity index (χ4n) is 1.89. The molecule has 0 fully saturated rings. The molecule has 6 nitrogen and oxygen atoms in total. The van der Waals surface area contributed by atoms with Crippen molar-refractivity contribution in [1.29, 1.82) is 0 Å². The van der Waals surface area contributed by atoms with E-state index in [9.17, 15) is 32.4 Å². The molecule has 2 aromatic rings. The minimum Gasteiger partial charge on any atom is -0.549 e. The molecule has 0 bridgehead atoms. The summed E-state index contributed by atoms with van der Waals surface area (Å²) in [7, 11) is 0. The second kappa shape index (κ2) is 8.21. The van der Waals surface area contributed by atoms with Gasteiger partial charge in [-0.3, -0.25) is 4.79 Å². The lowest BCUT2D eigenvalue weighted by molar-refractivity contribution is -0.303. The smallest absolute Gasteiger partial charge is 0.416 e. The van der Waals surface area contributed by atoms with Gasteiger partial charge < -0.3 is 15.2 Å². The normalized spacial score (nSPS) is 12.5. The molecule has 0 saturated heterocycles. The Balaban J connectivity index is 2.00. The van der Waals surface area contributed by atoms with Crippen molar-refractivity contribution in [2.24, 2.45) is 0 Å². The summed E-state index contributed by atoms with van der Waals surface area (Å²) in [6, 6.07) is 9.64. The van der Waals surface area contributed by atoms with Gasteiger partial charge in [0.2, 0.25) is 4.90 Å². The van der Waals surface area contributed by atoms with E-state index in [2.05, 4.69) is 10.0 Å². The summed E-state index contributed by atoms with van der Waals surface area (Å²) in [5, 5.41) is 12.8. The van der Waals surface area contributed by atoms with Gasteiger partial charge in [0.15, 0.2) is 0 Å². The maximum absolute atomic E-state index is 12.5. The van der Waals surface area contributed by atoms with Crippen LogP contribution in [0, 0.1) is 0 Å². The second-order valence-electron chi connectivity index (χ2n) is 5.03. The molecule has 26 heavy (non-hydrogen) atoms. The summed E-state index contributed by atoms with van der Waals surface area (Å²) in [5.74, 6) is -1.96. The van der Waals surface area contributed by atoms with Gasteiger partial charge in [-0.05, 0) is 36.4 Å². The number of benzene rings is 2. The molecular weight excluding hydrogens is 373 g/mol. The molecular formula is C16H13F3N2O4S. The highest BCUT2D eigenvalue weighted by Crippen LogP contribution is 2.29. The number of rotatable bonds is 6. The Bertz CT molecular complexity index is 780. The Morgan fingerprint density at radius 2 is 1.62 bits per heavy atom. The predicted molar refractivity (Wildman–Crippen MR) is 87.1 cm³/mol. The number of nitrogens with one attached hydrogen (secondary N) is 2. The number of carboxylic acids is 1. The maximum Gasteiger partial charge on any atom is 0.416 e. The standard InChI is InChI=1S/C16H13F3N2O4S/c17-16(18,19)11-3-1-10(2-4-11)15(24)21-12-5-7-13(8-6-12)26(25)20-9-14(22)23/h1-8,20,25H,9H2,(H-,21,22,23,24). The first-order valence-electron chi connectivity index (χ1n) is 7.12. The van der Waals surface area contributed by atoms with Crippen molar-refractivity contribution < 1.29 is 32.4 Å². The number of alkyl halides is 3. The van der Waals surface area contributed by atoms with E-state index < -0.39 is 41.5 Å². The molecule has 1 atom stereocenters. The van der Waals surface area contributed by atoms with Gasteiger partial charge in [-0.2, -0.15) is 17.7 Å². The van der Waals surface area contributed by atoms with Crippen LogP contribution in [0.5, 0.6) is 0 Å². The van der Waals surface area contributed by atoms with E-state index in [0.717, 1.165) is 24.3 Å². The Hall–Kier alpha value is -2.56. The van der Waals surface area contributed by atoms with Gasteiger partial charge in [0.05, 0.1) is 18.1 Å². The van der Waals surface area contributed by atoms with Gasteiger partial charge in [-0.1, -0.05) is 4.72 Å². The van der Waals surface area contributed by atoms with Crippen molar-refractivity contribution in [3.63, 3.8) is 0 Å². The average Bonchev–Trinajstić information content (AvgIpc) is 2.59. The third-order valence-electron chi connectivity index (χ3n) is 3.16. The van der Waals surface area contributed by atoms with Gasteiger partial charge in [0, 0.05) is 23.4 Å². The lowest BCUT2D eigenvalue weighted by Crippen LogP contribution is -2.37. The molecule has 0 aliphatic rings. The number of anilines is 1. The Morgan fingerprint density at radius 1 is 1.04 bits per heavy atom. The highest BCUT2D eigenvalue weighted by molar-refractivity contribution is 7.89. The van der Waals surface area contributed by atoms with Crippen molar-refractivity contribution in [2.45, 2.75) is 11.1 Å². The number of carbonyl (C=O) groups excluding carboxylic acids is 2. The van der Waals surface area contributed by atoms with Crippen molar-refractivity contribution in [3.05, 3.63) is 59.7 Å². The van der Waals surface area contributed by atoms with E-state index in [-0.39, 0.29) is 5.56 Å². The first-order valence-corrected chi connectivity index (χ1v) is 8.30. The van der Waals surface area contributed by atoms with Crippen LogP contribution < -0.4 is 15.1 Å². The molecule has 0 saturated carbocycles. The molecule has 0 aliphatic carbocycles. The molecule has 138 valence electrons. The first kappa shape index (κ1) is 19.8. The van der Waals surface area contributed by atoms with Crippen LogP contribution in [-0.2, 0) is 22.3 Å². The van der Waals surface area contributed by atoms with Crippen molar-refractivity contribution in [1.82, 2.24) is 4.72 Å². The minimum absolute atomic E-state index is 0.0552. The molecule has 1 unspecified atom stereocenters. The fourth-order valence-corrected chi connectivity index (χ4v) is 2.71. The van der Waals surface area contributed by atoms with Gasteiger partial charge in [-0.25, -0.2) is 0 Å². The SMILES string of the molecule is O=C([O-])CN[S+](O)c1ccc(NC(=O)c2ccc(C(F)(F)F)cc2)cc1. The summed E-state index contributed by atoms with van der Waals surface area (Å²) in [6.45, 7) is -0.522. The topological polar surface area (TPSA) is 101 Å². The summed E-state index contributed by atoms with van der Waals surface area (Å²) >= 11 is -1.51. The molecule has 2 rings (SSSR count). The van der Waals surface area contributed by atoms with E-state index in [1.165, 1.54) is 24.3 Å². The van der Waals surface area contributed by atoms with Gasteiger partial charge in [-0.15, -0.1) is 0 Å². The number of carboxylic acid groups (broad SMARTS) is 1. The molecule has 1 amide bonds. The van der Waals surface area contributed by atoms with Gasteiger partial charge >= 0.3 is 6.18 Å². The van der Waals surface area contributed by atoms with E-state index >= 15 is 0 Å². The van der Waals surface area contributed by atoms with Crippen LogP contribution in [0.3, 0.4) is 0 Å². The van der Waals surface area contributed by atoms with Crippen LogP contribution in [0.15, 0.2) is 53.4 Å². The highest BCUT2D eigenvalue weighted by atomic mass is 32.2. The van der Waals surface area contributed by atoms with Gasteiger partial charge in [0.25, 0.3) is 17.3 Å². The van der Waals surface area contributed by atoms with Crippen LogP contribution in [-0.4, -0.2) is 23.0 Å². The van der Waals surface area contributed by atoms with Crippen LogP contribution in [0.4, 0.5) is 18.9 Å². The zero-order valence-electron chi connectivity index (χ0n) is 13.0.